The van der Waals surface area contributed by atoms with E-state index in [1.807, 2.05) is 0 Å². The van der Waals surface area contributed by atoms with Crippen LogP contribution in [0.25, 0.3) is 0 Å². The van der Waals surface area contributed by atoms with Gasteiger partial charge >= 0.3 is 0 Å². The van der Waals surface area contributed by atoms with Crippen molar-refractivity contribution in [2.24, 2.45) is 4.99 Å². The molecule has 3 nitrogen and oxygen atoms in total. The molecule has 2 aliphatic rings. The maximum Gasteiger partial charge on any atom is 0.250 e. The average Bonchev–Trinajstić information content (AvgIpc) is 2.22. The van der Waals surface area contributed by atoms with Gasteiger partial charge in [-0.05, 0) is 0 Å². The molecule has 2 heterocycles. The minimum atomic E-state index is -0.0454. The number of carbonyl (C=O) groups excluding carboxylic acids is 1. The highest BCUT2D eigenvalue weighted by Gasteiger charge is 2.22. The highest BCUT2D eigenvalue weighted by Crippen LogP contribution is 2.25. The maximum absolute atomic E-state index is 10.6. The van der Waals surface area contributed by atoms with Crippen molar-refractivity contribution in [1.29, 1.82) is 0 Å². The Morgan fingerprint density at radius 1 is 1.78 bits per heavy atom. The summed E-state index contributed by atoms with van der Waals surface area (Å²) in [7, 11) is 0. The lowest BCUT2D eigenvalue weighted by molar-refractivity contribution is -0.114. The monoisotopic (exact) mass is 140 g/mol. The fourth-order valence-electron chi connectivity index (χ4n) is 0.796. The van der Waals surface area contributed by atoms with Crippen molar-refractivity contribution < 1.29 is 4.79 Å². The van der Waals surface area contributed by atoms with Gasteiger partial charge in [0.2, 0.25) is 0 Å². The van der Waals surface area contributed by atoms with Crippen LogP contribution in [0.3, 0.4) is 0 Å². The van der Waals surface area contributed by atoms with E-state index in [-0.39, 0.29) is 5.91 Å². The van der Waals surface area contributed by atoms with Crippen molar-refractivity contribution in [2.45, 2.75) is 0 Å². The molecule has 0 aromatic rings. The molecule has 0 aromatic carbocycles. The van der Waals surface area contributed by atoms with E-state index in [1.54, 1.807) is 17.8 Å². The minimum Gasteiger partial charge on any atom is -0.306 e. The summed E-state index contributed by atoms with van der Waals surface area (Å²) in [4.78, 5) is 15.6. The number of rotatable bonds is 0. The number of amidine groups is 1. The van der Waals surface area contributed by atoms with Crippen LogP contribution in [0.1, 0.15) is 0 Å². The highest BCUT2D eigenvalue weighted by molar-refractivity contribution is 8.04. The summed E-state index contributed by atoms with van der Waals surface area (Å²) in [6.07, 6.45) is 1.58. The van der Waals surface area contributed by atoms with Crippen molar-refractivity contribution in [3.05, 3.63) is 11.0 Å². The van der Waals surface area contributed by atoms with Gasteiger partial charge in [-0.15, -0.1) is 0 Å². The molecule has 2 rings (SSSR count). The Bertz CT molecular complexity index is 231. The molecule has 0 atom stereocenters. The normalized spacial score (nSPS) is 22.9. The van der Waals surface area contributed by atoms with Gasteiger partial charge in [0.1, 0.15) is 5.84 Å². The van der Waals surface area contributed by atoms with Gasteiger partial charge in [-0.1, -0.05) is 11.8 Å². The van der Waals surface area contributed by atoms with Crippen LogP contribution < -0.4 is 5.32 Å². The number of amides is 1. The Morgan fingerprint density at radius 3 is 3.44 bits per heavy atom. The van der Waals surface area contributed by atoms with Crippen LogP contribution in [0.5, 0.6) is 0 Å². The van der Waals surface area contributed by atoms with Gasteiger partial charge in [-0.3, -0.25) is 9.79 Å². The number of hydrogen-bond donors (Lipinski definition) is 1. The molecule has 0 saturated carbocycles. The second kappa shape index (κ2) is 1.60. The topological polar surface area (TPSA) is 41.5 Å². The zero-order chi connectivity index (χ0) is 6.27. The molecule has 4 heteroatoms. The van der Waals surface area contributed by atoms with Gasteiger partial charge in [0.25, 0.3) is 5.91 Å². The molecule has 2 aliphatic heterocycles. The van der Waals surface area contributed by atoms with Crippen molar-refractivity contribution in [3.8, 4) is 0 Å². The van der Waals surface area contributed by atoms with E-state index in [1.165, 1.54) is 0 Å². The van der Waals surface area contributed by atoms with Crippen LogP contribution in [0.4, 0.5) is 0 Å². The molecule has 0 spiro atoms. The van der Waals surface area contributed by atoms with Crippen LogP contribution in [-0.4, -0.2) is 17.6 Å². The van der Waals surface area contributed by atoms with E-state index in [0.29, 0.717) is 0 Å². The first-order chi connectivity index (χ1) is 4.36. The summed E-state index contributed by atoms with van der Waals surface area (Å²) < 4.78 is 0. The van der Waals surface area contributed by atoms with Gasteiger partial charge in [0.15, 0.2) is 0 Å². The summed E-state index contributed by atoms with van der Waals surface area (Å²) in [5, 5.41) is 2.61. The Balaban J connectivity index is 2.41. The second-order valence-electron chi connectivity index (χ2n) is 1.78. The summed E-state index contributed by atoms with van der Waals surface area (Å²) in [5.74, 6) is 1.46. The molecule has 46 valence electrons. The number of thioether (sulfide) groups is 1. The number of fused-ring (bicyclic) bond motifs is 1. The number of aliphatic imine (C=N–C) groups is 1. The molecule has 1 N–H and O–H groups in total. The zero-order valence-electron chi connectivity index (χ0n) is 4.55. The molecule has 0 fully saturated rings. The van der Waals surface area contributed by atoms with E-state index in [0.717, 1.165) is 16.6 Å². The van der Waals surface area contributed by atoms with Crippen LogP contribution in [0, 0.1) is 0 Å². The first-order valence-corrected chi connectivity index (χ1v) is 3.55. The molecule has 0 bridgehead atoms. The van der Waals surface area contributed by atoms with E-state index >= 15 is 0 Å². The highest BCUT2D eigenvalue weighted by atomic mass is 32.2. The average molecular weight is 140 g/mol. The van der Waals surface area contributed by atoms with Crippen molar-refractivity contribution >= 4 is 23.5 Å². The van der Waals surface area contributed by atoms with E-state index in [9.17, 15) is 4.79 Å². The Morgan fingerprint density at radius 2 is 2.67 bits per heavy atom. The minimum absolute atomic E-state index is 0.0454. The van der Waals surface area contributed by atoms with Crippen LogP contribution in [0.2, 0.25) is 0 Å². The molecule has 0 aliphatic carbocycles. The molecule has 0 radical (unpaired) electrons. The molecule has 9 heavy (non-hydrogen) atoms. The van der Waals surface area contributed by atoms with Crippen LogP contribution in [-0.2, 0) is 4.79 Å². The van der Waals surface area contributed by atoms with Gasteiger partial charge in [-0.25, -0.2) is 0 Å². The lowest BCUT2D eigenvalue weighted by Crippen LogP contribution is -2.20. The first kappa shape index (κ1) is 5.05. The summed E-state index contributed by atoms with van der Waals surface area (Å²) in [6.45, 7) is 0. The third-order valence-electron chi connectivity index (χ3n) is 1.18. The summed E-state index contributed by atoms with van der Waals surface area (Å²) >= 11 is 1.59. The van der Waals surface area contributed by atoms with Crippen LogP contribution >= 0.6 is 11.8 Å². The summed E-state index contributed by atoms with van der Waals surface area (Å²) in [5.41, 5.74) is 0. The van der Waals surface area contributed by atoms with E-state index in [2.05, 4.69) is 10.3 Å². The van der Waals surface area contributed by atoms with Crippen molar-refractivity contribution in [2.75, 3.05) is 5.88 Å². The van der Waals surface area contributed by atoms with Gasteiger partial charge in [0.05, 0.1) is 10.8 Å². The third-order valence-corrected chi connectivity index (χ3v) is 2.06. The maximum atomic E-state index is 10.6. The molecule has 0 aromatic heterocycles. The predicted octanol–water partition coefficient (Wildman–Crippen LogP) is 0.103. The lowest BCUT2D eigenvalue weighted by Gasteiger charge is -1.88. The van der Waals surface area contributed by atoms with E-state index in [4.69, 9.17) is 0 Å². The number of nitrogens with one attached hydrogen (secondary N) is 1. The largest absolute Gasteiger partial charge is 0.306 e. The summed E-state index contributed by atoms with van der Waals surface area (Å²) in [6, 6.07) is 0. The Labute approximate surface area is 56.2 Å². The number of carbonyl (C=O) groups is 1. The van der Waals surface area contributed by atoms with Crippen molar-refractivity contribution in [3.63, 3.8) is 0 Å². The zero-order valence-corrected chi connectivity index (χ0v) is 5.36. The number of hydrogen-bond acceptors (Lipinski definition) is 3. The molecule has 0 saturated heterocycles. The first-order valence-electron chi connectivity index (χ1n) is 2.56. The number of nitrogens with zero attached hydrogens (tertiary/aromatic N) is 1. The predicted molar refractivity (Wildman–Crippen MR) is 36.1 cm³/mol. The van der Waals surface area contributed by atoms with Gasteiger partial charge in [-0.2, -0.15) is 0 Å². The molecule has 1 amide bonds. The fraction of sp³-hybridized carbons (Fsp3) is 0.200. The third kappa shape index (κ3) is 0.666. The Kier molecular flexibility index (Phi) is 0.900. The second-order valence-corrected chi connectivity index (χ2v) is 2.76. The lowest BCUT2D eigenvalue weighted by atomic mass is 10.5. The quantitative estimate of drug-likeness (QED) is 0.518. The fourth-order valence-corrected chi connectivity index (χ4v) is 1.57. The van der Waals surface area contributed by atoms with Gasteiger partial charge < -0.3 is 5.32 Å². The molecular weight excluding hydrogens is 136 g/mol. The van der Waals surface area contributed by atoms with Gasteiger partial charge in [0, 0.05) is 6.08 Å². The Hall–Kier alpha value is -0.770. The molecule has 0 unspecified atom stereocenters. The van der Waals surface area contributed by atoms with Crippen LogP contribution in [0.15, 0.2) is 16.0 Å². The molecular formula is C5H4N2OS. The van der Waals surface area contributed by atoms with Crippen molar-refractivity contribution in [1.82, 2.24) is 5.32 Å². The standard InChI is InChI=1S/C5H4N2OS/c8-4-1-3-5(7-4)6-2-9-3/h1H,2H2,(H,6,7,8). The SMILES string of the molecule is O=C1C=C2SCN=C2N1. The smallest absolute Gasteiger partial charge is 0.250 e. The van der Waals surface area contributed by atoms with E-state index < -0.39 is 0 Å².